The first kappa shape index (κ1) is 20.2. The fourth-order valence-electron chi connectivity index (χ4n) is 2.62. The van der Waals surface area contributed by atoms with E-state index in [1.54, 1.807) is 32.0 Å². The zero-order chi connectivity index (χ0) is 19.3. The minimum atomic E-state index is -3.79. The highest BCUT2D eigenvalue weighted by Crippen LogP contribution is 2.31. The van der Waals surface area contributed by atoms with Crippen LogP contribution in [0.15, 0.2) is 41.3 Å². The molecular formula is C19H24FNO4S. The van der Waals surface area contributed by atoms with Gasteiger partial charge in [-0.25, -0.2) is 17.5 Å². The molecule has 0 saturated carbocycles. The second-order valence-electron chi connectivity index (χ2n) is 5.82. The van der Waals surface area contributed by atoms with Crippen molar-refractivity contribution in [1.82, 2.24) is 4.72 Å². The van der Waals surface area contributed by atoms with E-state index >= 15 is 0 Å². The summed E-state index contributed by atoms with van der Waals surface area (Å²) in [7, 11) is -3.79. The lowest BCUT2D eigenvalue weighted by Crippen LogP contribution is -2.27. The van der Waals surface area contributed by atoms with Gasteiger partial charge in [-0.3, -0.25) is 0 Å². The highest BCUT2D eigenvalue weighted by molar-refractivity contribution is 7.89. The van der Waals surface area contributed by atoms with Gasteiger partial charge in [0, 0.05) is 6.04 Å². The molecule has 0 aliphatic carbocycles. The quantitative estimate of drug-likeness (QED) is 0.751. The van der Waals surface area contributed by atoms with E-state index in [-0.39, 0.29) is 4.90 Å². The van der Waals surface area contributed by atoms with Crippen molar-refractivity contribution in [2.24, 2.45) is 0 Å². The molecule has 142 valence electrons. The SMILES string of the molecule is CCOc1ccc([C@@H](C)NS(=O)(=O)c2ccc(F)cc2C)cc1OCC. The van der Waals surface area contributed by atoms with Gasteiger partial charge in [0.15, 0.2) is 11.5 Å². The Labute approximate surface area is 154 Å². The minimum Gasteiger partial charge on any atom is -0.490 e. The van der Waals surface area contributed by atoms with Gasteiger partial charge in [0.1, 0.15) is 5.82 Å². The van der Waals surface area contributed by atoms with Crippen LogP contribution in [0.1, 0.15) is 37.9 Å². The van der Waals surface area contributed by atoms with Crippen molar-refractivity contribution in [3.8, 4) is 11.5 Å². The second-order valence-corrected chi connectivity index (χ2v) is 7.51. The van der Waals surface area contributed by atoms with Gasteiger partial charge in [-0.2, -0.15) is 0 Å². The molecule has 1 N–H and O–H groups in total. The van der Waals surface area contributed by atoms with Crippen LogP contribution in [0.3, 0.4) is 0 Å². The molecule has 0 spiro atoms. The first-order chi connectivity index (χ1) is 12.3. The van der Waals surface area contributed by atoms with Crippen LogP contribution in [0, 0.1) is 12.7 Å². The Morgan fingerprint density at radius 3 is 2.31 bits per heavy atom. The molecule has 0 radical (unpaired) electrons. The summed E-state index contributed by atoms with van der Waals surface area (Å²) in [6.07, 6.45) is 0. The van der Waals surface area contributed by atoms with E-state index in [1.807, 2.05) is 13.8 Å². The average Bonchev–Trinajstić information content (AvgIpc) is 2.56. The van der Waals surface area contributed by atoms with E-state index in [2.05, 4.69) is 4.72 Å². The molecule has 0 saturated heterocycles. The van der Waals surface area contributed by atoms with E-state index in [0.29, 0.717) is 30.3 Å². The maximum absolute atomic E-state index is 13.2. The van der Waals surface area contributed by atoms with Gasteiger partial charge in [0.2, 0.25) is 10.0 Å². The Bertz CT molecular complexity index is 868. The third-order valence-corrected chi connectivity index (χ3v) is 5.53. The number of rotatable bonds is 8. The van der Waals surface area contributed by atoms with Crippen molar-refractivity contribution < 1.29 is 22.3 Å². The Balaban J connectivity index is 2.28. The molecule has 2 aromatic rings. The number of hydrogen-bond donors (Lipinski definition) is 1. The Morgan fingerprint density at radius 2 is 1.69 bits per heavy atom. The molecule has 0 aromatic heterocycles. The number of nitrogens with one attached hydrogen (secondary N) is 1. The summed E-state index contributed by atoms with van der Waals surface area (Å²) in [6.45, 7) is 8.02. The summed E-state index contributed by atoms with van der Waals surface area (Å²) in [5.41, 5.74) is 1.09. The van der Waals surface area contributed by atoms with Crippen molar-refractivity contribution in [3.05, 3.63) is 53.3 Å². The molecule has 2 aromatic carbocycles. The molecule has 0 heterocycles. The Morgan fingerprint density at radius 1 is 1.04 bits per heavy atom. The summed E-state index contributed by atoms with van der Waals surface area (Å²) in [4.78, 5) is 0.0571. The van der Waals surface area contributed by atoms with Crippen molar-refractivity contribution in [2.45, 2.75) is 38.6 Å². The predicted molar refractivity (Wildman–Crippen MR) is 98.7 cm³/mol. The normalized spacial score (nSPS) is 12.7. The number of hydrogen-bond acceptors (Lipinski definition) is 4. The molecule has 7 heteroatoms. The van der Waals surface area contributed by atoms with E-state index in [1.165, 1.54) is 12.1 Å². The maximum atomic E-state index is 13.2. The molecule has 0 fully saturated rings. The molecule has 5 nitrogen and oxygen atoms in total. The molecule has 0 unspecified atom stereocenters. The first-order valence-electron chi connectivity index (χ1n) is 8.46. The number of halogens is 1. The van der Waals surface area contributed by atoms with Gasteiger partial charge in [-0.15, -0.1) is 0 Å². The molecule has 1 atom stereocenters. The molecule has 0 amide bonds. The topological polar surface area (TPSA) is 64.6 Å². The summed E-state index contributed by atoms with van der Waals surface area (Å²) in [6, 6.07) is 8.41. The molecule has 26 heavy (non-hydrogen) atoms. The van der Waals surface area contributed by atoms with Crippen LogP contribution < -0.4 is 14.2 Å². The standard InChI is InChI=1S/C19H24FNO4S/c1-5-24-17-9-7-15(12-18(17)25-6-2)14(4)21-26(22,23)19-10-8-16(20)11-13(19)3/h7-12,14,21H,5-6H2,1-4H3/t14-/m1/s1. The van der Waals surface area contributed by atoms with Gasteiger partial charge in [-0.05, 0) is 69.2 Å². The average molecular weight is 381 g/mol. The Hall–Kier alpha value is -2.12. The molecule has 0 aliphatic heterocycles. The van der Waals surface area contributed by atoms with E-state index in [4.69, 9.17) is 9.47 Å². The summed E-state index contributed by atoms with van der Waals surface area (Å²) >= 11 is 0. The zero-order valence-electron chi connectivity index (χ0n) is 15.4. The van der Waals surface area contributed by atoms with Crippen molar-refractivity contribution in [2.75, 3.05) is 13.2 Å². The van der Waals surface area contributed by atoms with Crippen LogP contribution >= 0.6 is 0 Å². The maximum Gasteiger partial charge on any atom is 0.241 e. The second kappa shape index (κ2) is 8.51. The van der Waals surface area contributed by atoms with E-state index in [9.17, 15) is 12.8 Å². The lowest BCUT2D eigenvalue weighted by molar-refractivity contribution is 0.287. The fraction of sp³-hybridized carbons (Fsp3) is 0.368. The number of ether oxygens (including phenoxy) is 2. The molecule has 0 bridgehead atoms. The highest BCUT2D eigenvalue weighted by Gasteiger charge is 2.21. The van der Waals surface area contributed by atoms with Gasteiger partial charge in [0.25, 0.3) is 0 Å². The number of aryl methyl sites for hydroxylation is 1. The van der Waals surface area contributed by atoms with Gasteiger partial charge in [-0.1, -0.05) is 6.07 Å². The van der Waals surface area contributed by atoms with Crippen molar-refractivity contribution in [1.29, 1.82) is 0 Å². The third kappa shape index (κ3) is 4.74. The van der Waals surface area contributed by atoms with Crippen LogP contribution in [-0.4, -0.2) is 21.6 Å². The van der Waals surface area contributed by atoms with Gasteiger partial charge < -0.3 is 9.47 Å². The molecule has 2 rings (SSSR count). The molecular weight excluding hydrogens is 357 g/mol. The summed E-state index contributed by atoms with van der Waals surface area (Å²) in [5, 5.41) is 0. The zero-order valence-corrected chi connectivity index (χ0v) is 16.2. The number of benzene rings is 2. The van der Waals surface area contributed by atoms with Crippen LogP contribution in [0.25, 0.3) is 0 Å². The van der Waals surface area contributed by atoms with Crippen LogP contribution in [0.2, 0.25) is 0 Å². The van der Waals surface area contributed by atoms with Crippen LogP contribution in [-0.2, 0) is 10.0 Å². The largest absolute Gasteiger partial charge is 0.490 e. The van der Waals surface area contributed by atoms with Crippen LogP contribution in [0.5, 0.6) is 11.5 Å². The highest BCUT2D eigenvalue weighted by atomic mass is 32.2. The van der Waals surface area contributed by atoms with Gasteiger partial charge in [0.05, 0.1) is 18.1 Å². The molecule has 0 aliphatic rings. The summed E-state index contributed by atoms with van der Waals surface area (Å²) in [5.74, 6) is 0.709. The first-order valence-corrected chi connectivity index (χ1v) is 9.94. The number of sulfonamides is 1. The third-order valence-electron chi connectivity index (χ3n) is 3.83. The van der Waals surface area contributed by atoms with E-state index in [0.717, 1.165) is 11.6 Å². The lowest BCUT2D eigenvalue weighted by Gasteiger charge is -2.18. The lowest BCUT2D eigenvalue weighted by atomic mass is 10.1. The van der Waals surface area contributed by atoms with Gasteiger partial charge >= 0.3 is 0 Å². The van der Waals surface area contributed by atoms with E-state index < -0.39 is 21.9 Å². The van der Waals surface area contributed by atoms with Crippen molar-refractivity contribution in [3.63, 3.8) is 0 Å². The monoisotopic (exact) mass is 381 g/mol. The summed E-state index contributed by atoms with van der Waals surface area (Å²) < 4.78 is 52.2. The van der Waals surface area contributed by atoms with Crippen LogP contribution in [0.4, 0.5) is 4.39 Å². The Kier molecular flexibility index (Phi) is 6.61. The minimum absolute atomic E-state index is 0.0571. The van der Waals surface area contributed by atoms with Crippen molar-refractivity contribution >= 4 is 10.0 Å². The fourth-order valence-corrected chi connectivity index (χ4v) is 4.07. The smallest absolute Gasteiger partial charge is 0.241 e. The predicted octanol–water partition coefficient (Wildman–Crippen LogP) is 3.97.